The van der Waals surface area contributed by atoms with Gasteiger partial charge in [0.15, 0.2) is 20.9 Å². The molecule has 4 rings (SSSR count). The second kappa shape index (κ2) is 12.3. The minimum absolute atomic E-state index is 0.0154. The summed E-state index contributed by atoms with van der Waals surface area (Å²) in [6.07, 6.45) is 1.94. The Hall–Kier alpha value is -2.71. The van der Waals surface area contributed by atoms with E-state index >= 15 is 0 Å². The number of hydrogen-bond acceptors (Lipinski definition) is 9. The number of sulfonamides is 1. The first-order chi connectivity index (χ1) is 19.2. The van der Waals surface area contributed by atoms with E-state index in [2.05, 4.69) is 10.3 Å². The van der Waals surface area contributed by atoms with Crippen molar-refractivity contribution in [3.05, 3.63) is 53.0 Å². The van der Waals surface area contributed by atoms with Crippen LogP contribution in [0.5, 0.6) is 0 Å². The van der Waals surface area contributed by atoms with E-state index in [9.17, 15) is 26.4 Å². The van der Waals surface area contributed by atoms with E-state index in [1.165, 1.54) is 0 Å². The van der Waals surface area contributed by atoms with Gasteiger partial charge in [-0.25, -0.2) is 27.0 Å². The third-order valence-corrected chi connectivity index (χ3v) is 10.9. The van der Waals surface area contributed by atoms with Crippen molar-refractivity contribution in [3.63, 3.8) is 0 Å². The third kappa shape index (κ3) is 8.41. The van der Waals surface area contributed by atoms with Crippen molar-refractivity contribution >= 4 is 53.1 Å². The summed E-state index contributed by atoms with van der Waals surface area (Å²) in [7, 11) is -6.11. The first-order valence-electron chi connectivity index (χ1n) is 13.2. The van der Waals surface area contributed by atoms with Crippen molar-refractivity contribution in [1.82, 2.24) is 10.3 Å². The van der Waals surface area contributed by atoms with Gasteiger partial charge in [0.05, 0.1) is 28.3 Å². The molecule has 13 heteroatoms. The number of rotatable bonds is 14. The molecule has 0 spiro atoms. The lowest BCUT2D eigenvalue weighted by Gasteiger charge is -2.22. The quantitative estimate of drug-likeness (QED) is 0.259. The third-order valence-electron chi connectivity index (χ3n) is 6.79. The number of carbonyl (C=O) groups excluding carboxylic acids is 2. The van der Waals surface area contributed by atoms with Crippen LogP contribution < -0.4 is 10.5 Å². The second-order valence-electron chi connectivity index (χ2n) is 11.3. The largest absolute Gasteiger partial charge is 0.384 e. The van der Waals surface area contributed by atoms with E-state index in [4.69, 9.17) is 9.88 Å². The van der Waals surface area contributed by atoms with Gasteiger partial charge in [-0.1, -0.05) is 44.2 Å². The van der Waals surface area contributed by atoms with Gasteiger partial charge in [-0.2, -0.15) is 0 Å². The zero-order valence-electron chi connectivity index (χ0n) is 23.3. The predicted molar refractivity (Wildman–Crippen MR) is 160 cm³/mol. The normalized spacial score (nSPS) is 15.1. The molecule has 2 aromatic carbocycles. The van der Waals surface area contributed by atoms with Crippen LogP contribution >= 0.6 is 11.3 Å². The number of hydrogen-bond donors (Lipinski definition) is 2. The number of fused-ring (bicyclic) bond motifs is 1. The monoisotopic (exact) mass is 621 g/mol. The number of carbonyl (C=O) groups is 2. The standard InChI is InChI=1S/C28H35N3O7S3/c1-28(2,17-38-3)15-23(32)20-8-6-19(7-9-20)21-10-11-22-24(14-21)39-27(31-22)25(40(34,35)16-18-4-5-18)26(33)30-12-13-41(29,36)37/h6-11,14,18,25H,4-5,12-13,15-17H2,1-3H3,(H,30,33)(H2,29,36,37). The first kappa shape index (κ1) is 31.2. The molecule has 41 heavy (non-hydrogen) atoms. The highest BCUT2D eigenvalue weighted by atomic mass is 32.2. The Morgan fingerprint density at radius 2 is 1.76 bits per heavy atom. The molecular weight excluding hydrogens is 587 g/mol. The van der Waals surface area contributed by atoms with Crippen LogP contribution in [0.2, 0.25) is 0 Å². The maximum absolute atomic E-state index is 13.3. The summed E-state index contributed by atoms with van der Waals surface area (Å²) in [6, 6.07) is 12.8. The number of Topliss-reactive ketones (excluding diaryl/α,β-unsaturated/α-hetero) is 1. The Balaban J connectivity index is 1.58. The predicted octanol–water partition coefficient (Wildman–Crippen LogP) is 3.48. The molecule has 1 saturated carbocycles. The number of nitrogens with one attached hydrogen (secondary N) is 1. The van der Waals surface area contributed by atoms with Gasteiger partial charge in [0.25, 0.3) is 0 Å². The average Bonchev–Trinajstić information content (AvgIpc) is 3.57. The molecule has 222 valence electrons. The molecule has 3 N–H and O–H groups in total. The minimum atomic E-state index is -3.90. The van der Waals surface area contributed by atoms with Crippen molar-refractivity contribution in [2.45, 2.75) is 38.4 Å². The molecule has 10 nitrogen and oxygen atoms in total. The van der Waals surface area contributed by atoms with E-state index in [0.717, 1.165) is 35.3 Å². The zero-order chi connectivity index (χ0) is 30.0. The molecule has 0 aliphatic heterocycles. The fourth-order valence-electron chi connectivity index (χ4n) is 4.61. The van der Waals surface area contributed by atoms with Gasteiger partial charge in [-0.15, -0.1) is 11.3 Å². The van der Waals surface area contributed by atoms with Gasteiger partial charge >= 0.3 is 0 Å². The van der Waals surface area contributed by atoms with Gasteiger partial charge in [0.1, 0.15) is 5.01 Å². The van der Waals surface area contributed by atoms with E-state index in [0.29, 0.717) is 28.8 Å². The number of nitrogens with zero attached hydrogens (tertiary/aromatic N) is 1. The number of ketones is 1. The zero-order valence-corrected chi connectivity index (χ0v) is 25.7. The highest BCUT2D eigenvalue weighted by molar-refractivity contribution is 7.92. The molecule has 1 aromatic heterocycles. The smallest absolute Gasteiger partial charge is 0.245 e. The second-order valence-corrected chi connectivity index (χ2v) is 16.2. The van der Waals surface area contributed by atoms with E-state index in [1.54, 1.807) is 25.3 Å². The molecule has 1 unspecified atom stereocenters. The first-order valence-corrected chi connectivity index (χ1v) is 17.4. The van der Waals surface area contributed by atoms with Crippen LogP contribution in [0.3, 0.4) is 0 Å². The average molecular weight is 622 g/mol. The maximum Gasteiger partial charge on any atom is 0.245 e. The molecule has 0 bridgehead atoms. The maximum atomic E-state index is 13.3. The van der Waals surface area contributed by atoms with Crippen molar-refractivity contribution in [1.29, 1.82) is 0 Å². The highest BCUT2D eigenvalue weighted by Crippen LogP contribution is 2.38. The fraction of sp³-hybridized carbons (Fsp3) is 0.464. The van der Waals surface area contributed by atoms with Gasteiger partial charge < -0.3 is 10.1 Å². The van der Waals surface area contributed by atoms with Crippen molar-refractivity contribution in [2.24, 2.45) is 16.5 Å². The molecule has 3 aromatic rings. The number of primary sulfonamides is 1. The number of sulfone groups is 1. The number of methoxy groups -OCH3 is 1. The van der Waals surface area contributed by atoms with E-state index < -0.39 is 36.8 Å². The summed E-state index contributed by atoms with van der Waals surface area (Å²) < 4.78 is 55.0. The van der Waals surface area contributed by atoms with Crippen LogP contribution in [0, 0.1) is 11.3 Å². The number of aromatic nitrogens is 1. The van der Waals surface area contributed by atoms with Crippen LogP contribution in [0.15, 0.2) is 42.5 Å². The number of thiazole rings is 1. The Morgan fingerprint density at radius 3 is 2.37 bits per heavy atom. The van der Waals surface area contributed by atoms with Crippen LogP contribution in [-0.4, -0.2) is 65.3 Å². The Labute approximate surface area is 244 Å². The molecule has 0 radical (unpaired) electrons. The van der Waals surface area contributed by atoms with Crippen molar-refractivity contribution in [2.75, 3.05) is 31.8 Å². The molecule has 0 saturated heterocycles. The SMILES string of the molecule is COCC(C)(C)CC(=O)c1ccc(-c2ccc3nc(C(C(=O)NCCS(N)(=O)=O)S(=O)(=O)CC4CC4)sc3c2)cc1. The molecule has 1 aliphatic carbocycles. The summed E-state index contributed by atoms with van der Waals surface area (Å²) in [5.74, 6) is -1.41. The van der Waals surface area contributed by atoms with Gasteiger partial charge in [0, 0.05) is 25.6 Å². The molecule has 1 atom stereocenters. The number of nitrogens with two attached hydrogens (primary N) is 1. The van der Waals surface area contributed by atoms with Crippen molar-refractivity contribution in [3.8, 4) is 11.1 Å². The summed E-state index contributed by atoms with van der Waals surface area (Å²) >= 11 is 1.11. The number of amides is 1. The summed E-state index contributed by atoms with van der Waals surface area (Å²) in [5.41, 5.74) is 2.60. The Morgan fingerprint density at radius 1 is 1.10 bits per heavy atom. The molecule has 1 aliphatic rings. The Bertz CT molecular complexity index is 1640. The summed E-state index contributed by atoms with van der Waals surface area (Å²) in [4.78, 5) is 30.3. The van der Waals surface area contributed by atoms with Gasteiger partial charge in [-0.3, -0.25) is 9.59 Å². The van der Waals surface area contributed by atoms with Crippen LogP contribution in [0.1, 0.15) is 53.7 Å². The molecule has 1 amide bonds. The number of benzene rings is 2. The van der Waals surface area contributed by atoms with Gasteiger partial charge in [-0.05, 0) is 47.4 Å². The van der Waals surface area contributed by atoms with Crippen molar-refractivity contribution < 1.29 is 31.2 Å². The highest BCUT2D eigenvalue weighted by Gasteiger charge is 2.40. The van der Waals surface area contributed by atoms with Crippen LogP contribution in [0.4, 0.5) is 0 Å². The van der Waals surface area contributed by atoms with Crippen LogP contribution in [0.25, 0.3) is 21.3 Å². The van der Waals surface area contributed by atoms with Gasteiger partial charge in [0.2, 0.25) is 15.9 Å². The molecular formula is C28H35N3O7S3. The molecule has 1 heterocycles. The summed E-state index contributed by atoms with van der Waals surface area (Å²) in [5, 5.41) is 6.01. The fourth-order valence-corrected chi connectivity index (χ4v) is 8.52. The topological polar surface area (TPSA) is 163 Å². The lowest BCUT2D eigenvalue weighted by atomic mass is 9.86. The lowest BCUT2D eigenvalue weighted by molar-refractivity contribution is -0.120. The van der Waals surface area contributed by atoms with Crippen LogP contribution in [-0.2, 0) is 29.4 Å². The lowest BCUT2D eigenvalue weighted by Crippen LogP contribution is -2.38. The Kier molecular flexibility index (Phi) is 9.34. The summed E-state index contributed by atoms with van der Waals surface area (Å²) in [6.45, 7) is 4.15. The molecule has 1 fully saturated rings. The number of ether oxygens (including phenoxy) is 1. The minimum Gasteiger partial charge on any atom is -0.384 e. The van der Waals surface area contributed by atoms with E-state index in [-0.39, 0.29) is 34.4 Å². The van der Waals surface area contributed by atoms with E-state index in [1.807, 2.05) is 38.1 Å².